The molecule has 0 aromatic heterocycles. The fourth-order valence-electron chi connectivity index (χ4n) is 8.01. The second-order valence-corrected chi connectivity index (χ2v) is 16.8. The molecule has 0 bridgehead atoms. The molecule has 0 spiro atoms. The van der Waals surface area contributed by atoms with E-state index in [-0.39, 0.29) is 74.7 Å². The van der Waals surface area contributed by atoms with Crippen molar-refractivity contribution in [3.8, 4) is 0 Å². The Labute approximate surface area is 365 Å². The quantitative estimate of drug-likeness (QED) is 0.0360. The van der Waals surface area contributed by atoms with E-state index >= 15 is 0 Å². The minimum atomic E-state index is -1.37. The van der Waals surface area contributed by atoms with E-state index < -0.39 is 47.7 Å². The summed E-state index contributed by atoms with van der Waals surface area (Å²) in [5.74, 6) is -6.86. The zero-order chi connectivity index (χ0) is 45.6. The number of nitrogens with zero attached hydrogens (tertiary/aromatic N) is 1. The number of nitrogens with two attached hydrogens (primary N) is 1. The molecule has 4 atom stereocenters. The molecule has 62 heavy (non-hydrogen) atoms. The van der Waals surface area contributed by atoms with E-state index in [4.69, 9.17) is 10.8 Å². The van der Waals surface area contributed by atoms with Gasteiger partial charge in [0.1, 0.15) is 11.8 Å². The SMILES string of the molecule is CCCCCCCCCCCC(=O)NCCCC[C@H](N)C(=O)C[C@H](CCC1C(=O)c2cccc3c(N(C)C)ccc(c23)C1=O)C(=O)NCC[C@@H](NC(=O)CCCC(=O)O)C(=O)O. The molecule has 342 valence electrons. The van der Waals surface area contributed by atoms with Crippen LogP contribution in [0.5, 0.6) is 0 Å². The maximum absolute atomic E-state index is 13.9. The van der Waals surface area contributed by atoms with Crippen LogP contribution in [0.4, 0.5) is 5.69 Å². The molecule has 0 radical (unpaired) electrons. The number of carboxylic acids is 2. The lowest BCUT2D eigenvalue weighted by atomic mass is 9.76. The van der Waals surface area contributed by atoms with Crippen molar-refractivity contribution in [1.29, 1.82) is 0 Å². The number of hydrogen-bond donors (Lipinski definition) is 6. The number of unbranched alkanes of at least 4 members (excludes halogenated alkanes) is 9. The maximum Gasteiger partial charge on any atom is 0.326 e. The van der Waals surface area contributed by atoms with Gasteiger partial charge in [-0.1, -0.05) is 76.5 Å². The summed E-state index contributed by atoms with van der Waals surface area (Å²) in [6.07, 6.45) is 11.6. The molecule has 15 nitrogen and oxygen atoms in total. The lowest BCUT2D eigenvalue weighted by Gasteiger charge is -2.26. The Kier molecular flexibility index (Phi) is 22.3. The van der Waals surface area contributed by atoms with E-state index in [2.05, 4.69) is 22.9 Å². The summed E-state index contributed by atoms with van der Waals surface area (Å²) in [5, 5.41) is 27.8. The molecule has 15 heteroatoms. The highest BCUT2D eigenvalue weighted by Gasteiger charge is 2.37. The predicted molar refractivity (Wildman–Crippen MR) is 238 cm³/mol. The Bertz CT molecular complexity index is 1840. The number of benzene rings is 2. The smallest absolute Gasteiger partial charge is 0.326 e. The number of carbonyl (C=O) groups is 8. The zero-order valence-corrected chi connectivity index (χ0v) is 36.9. The van der Waals surface area contributed by atoms with Crippen molar-refractivity contribution in [2.75, 3.05) is 32.1 Å². The van der Waals surface area contributed by atoms with Crippen molar-refractivity contribution in [2.45, 2.75) is 147 Å². The molecule has 2 aromatic carbocycles. The van der Waals surface area contributed by atoms with Gasteiger partial charge in [0, 0.05) is 86.4 Å². The molecule has 1 aliphatic carbocycles. The predicted octanol–water partition coefficient (Wildman–Crippen LogP) is 6.12. The number of nitrogens with one attached hydrogen (secondary N) is 3. The minimum Gasteiger partial charge on any atom is -0.481 e. The number of aliphatic carboxylic acids is 2. The summed E-state index contributed by atoms with van der Waals surface area (Å²) in [6.45, 7) is 2.48. The van der Waals surface area contributed by atoms with Gasteiger partial charge in [-0.15, -0.1) is 0 Å². The Morgan fingerprint density at radius 3 is 2.00 bits per heavy atom. The third kappa shape index (κ3) is 16.6. The molecule has 7 N–H and O–H groups in total. The molecule has 0 saturated heterocycles. The molecular weight excluding hydrogens is 795 g/mol. The first-order valence-electron chi connectivity index (χ1n) is 22.5. The molecule has 3 amide bonds. The number of anilines is 1. The van der Waals surface area contributed by atoms with Crippen LogP contribution in [0.15, 0.2) is 30.3 Å². The average Bonchev–Trinajstić information content (AvgIpc) is 3.23. The number of carbonyl (C=O) groups excluding carboxylic acids is 6. The number of carboxylic acid groups (broad SMARTS) is 2. The summed E-state index contributed by atoms with van der Waals surface area (Å²) < 4.78 is 0. The van der Waals surface area contributed by atoms with Crippen LogP contribution in [0.2, 0.25) is 0 Å². The van der Waals surface area contributed by atoms with Gasteiger partial charge in [-0.25, -0.2) is 4.79 Å². The van der Waals surface area contributed by atoms with Gasteiger partial charge in [0.2, 0.25) is 17.7 Å². The van der Waals surface area contributed by atoms with Gasteiger partial charge in [-0.3, -0.25) is 33.6 Å². The van der Waals surface area contributed by atoms with Gasteiger partial charge in [0.05, 0.1) is 12.0 Å². The molecule has 1 unspecified atom stereocenters. The van der Waals surface area contributed by atoms with Gasteiger partial charge in [-0.05, 0) is 63.5 Å². The first-order valence-corrected chi connectivity index (χ1v) is 22.5. The normalized spacial score (nSPS) is 14.8. The highest BCUT2D eigenvalue weighted by atomic mass is 16.4. The largest absolute Gasteiger partial charge is 0.481 e. The maximum atomic E-state index is 13.9. The summed E-state index contributed by atoms with van der Waals surface area (Å²) in [7, 11) is 3.75. The van der Waals surface area contributed by atoms with Crippen molar-refractivity contribution >= 4 is 63.5 Å². The first kappa shape index (κ1) is 51.2. The molecule has 2 aromatic rings. The lowest BCUT2D eigenvalue weighted by Crippen LogP contribution is -2.44. The fraction of sp³-hybridized carbons (Fsp3) is 0.617. The first-order chi connectivity index (χ1) is 29.7. The molecule has 3 rings (SSSR count). The molecular formula is C47H69N5O10. The topological polar surface area (TPSA) is 242 Å². The van der Waals surface area contributed by atoms with Crippen LogP contribution in [0.1, 0.15) is 156 Å². The fourth-order valence-corrected chi connectivity index (χ4v) is 8.01. The van der Waals surface area contributed by atoms with Crippen LogP contribution in [-0.4, -0.2) is 96.5 Å². The second kappa shape index (κ2) is 27.0. The van der Waals surface area contributed by atoms with Gasteiger partial charge in [-0.2, -0.15) is 0 Å². The number of rotatable bonds is 32. The van der Waals surface area contributed by atoms with E-state index in [9.17, 15) is 43.5 Å². The Balaban J connectivity index is 1.59. The number of hydrogen-bond acceptors (Lipinski definition) is 10. The Morgan fingerprint density at radius 1 is 0.710 bits per heavy atom. The van der Waals surface area contributed by atoms with E-state index in [0.717, 1.165) is 30.3 Å². The molecule has 1 aliphatic rings. The summed E-state index contributed by atoms with van der Waals surface area (Å²) >= 11 is 0. The van der Waals surface area contributed by atoms with E-state index in [1.54, 1.807) is 18.2 Å². The van der Waals surface area contributed by atoms with Crippen molar-refractivity contribution in [3.63, 3.8) is 0 Å². The number of Topliss-reactive ketones (excluding diaryl/α,β-unsaturated/α-hetero) is 3. The monoisotopic (exact) mass is 864 g/mol. The minimum absolute atomic E-state index is 0.00313. The van der Waals surface area contributed by atoms with Crippen LogP contribution >= 0.6 is 0 Å². The molecule has 0 saturated carbocycles. The van der Waals surface area contributed by atoms with Crippen molar-refractivity contribution in [3.05, 3.63) is 41.5 Å². The van der Waals surface area contributed by atoms with Crippen LogP contribution in [0.25, 0.3) is 10.8 Å². The van der Waals surface area contributed by atoms with Gasteiger partial charge in [0.25, 0.3) is 0 Å². The Morgan fingerprint density at radius 2 is 1.35 bits per heavy atom. The third-order valence-electron chi connectivity index (χ3n) is 11.6. The lowest BCUT2D eigenvalue weighted by molar-refractivity contribution is -0.142. The second-order valence-electron chi connectivity index (χ2n) is 16.8. The van der Waals surface area contributed by atoms with Gasteiger partial charge < -0.3 is 36.8 Å². The van der Waals surface area contributed by atoms with E-state index in [1.165, 1.54) is 38.5 Å². The van der Waals surface area contributed by atoms with Crippen molar-refractivity contribution in [1.82, 2.24) is 16.0 Å². The third-order valence-corrected chi connectivity index (χ3v) is 11.6. The molecule has 0 aliphatic heterocycles. The van der Waals surface area contributed by atoms with Crippen LogP contribution in [-0.2, 0) is 28.8 Å². The zero-order valence-electron chi connectivity index (χ0n) is 36.9. The molecule has 0 heterocycles. The van der Waals surface area contributed by atoms with E-state index in [0.29, 0.717) is 48.7 Å². The van der Waals surface area contributed by atoms with Crippen LogP contribution in [0.3, 0.4) is 0 Å². The standard InChI is InChI=1S/C47H69N5O10/c1-4-5-6-7-8-9-10-11-12-20-40(54)49-28-14-13-19-36(48)39(53)30-31(46(60)50-29-27-37(47(61)62)51-41(55)21-16-22-42(56)57)23-24-35-44(58)33-18-15-17-32-38(52(2)3)26-25-34(43(32)33)45(35)59/h15,17-18,25-26,31,35-37H,4-14,16,19-24,27-30,48H2,1-3H3,(H,49,54)(H,50,60)(H,51,55)(H,56,57)(H,61,62)/t31-,35?,36-,37+/m0/s1. The summed E-state index contributed by atoms with van der Waals surface area (Å²) in [6, 6.07) is 6.60. The highest BCUT2D eigenvalue weighted by molar-refractivity contribution is 6.30. The molecule has 0 fully saturated rings. The highest BCUT2D eigenvalue weighted by Crippen LogP contribution is 2.38. The van der Waals surface area contributed by atoms with Gasteiger partial charge in [0.15, 0.2) is 11.6 Å². The Hall–Kier alpha value is -5.18. The van der Waals surface area contributed by atoms with E-state index in [1.807, 2.05) is 31.1 Å². The average molecular weight is 864 g/mol. The summed E-state index contributed by atoms with van der Waals surface area (Å²) in [4.78, 5) is 104. The van der Waals surface area contributed by atoms with Crippen molar-refractivity contribution in [2.24, 2.45) is 17.6 Å². The van der Waals surface area contributed by atoms with Gasteiger partial charge >= 0.3 is 11.9 Å². The summed E-state index contributed by atoms with van der Waals surface area (Å²) in [5.41, 5.74) is 7.99. The number of ketones is 3. The number of amides is 3. The van der Waals surface area contributed by atoms with Crippen LogP contribution in [0, 0.1) is 11.8 Å². The van der Waals surface area contributed by atoms with Crippen LogP contribution < -0.4 is 26.6 Å². The van der Waals surface area contributed by atoms with Crippen molar-refractivity contribution < 1.29 is 48.6 Å².